The topological polar surface area (TPSA) is 134 Å². The summed E-state index contributed by atoms with van der Waals surface area (Å²) in [6.07, 6.45) is 8.81. The Kier molecular flexibility index (Phi) is 7.98. The van der Waals surface area contributed by atoms with Crippen LogP contribution >= 0.6 is 0 Å². The van der Waals surface area contributed by atoms with Crippen LogP contribution in [0.15, 0.2) is 12.2 Å². The fraction of sp³-hybridized carbons (Fsp3) is 0.760. The highest BCUT2D eigenvalue weighted by Crippen LogP contribution is 2.45. The van der Waals surface area contributed by atoms with E-state index in [-0.39, 0.29) is 23.8 Å². The number of fused-ring (bicyclic) bond motifs is 2. The highest BCUT2D eigenvalue weighted by molar-refractivity contribution is 5.96. The normalized spacial score (nSPS) is 35.5. The van der Waals surface area contributed by atoms with Crippen LogP contribution in [-0.2, 0) is 23.9 Å². The predicted molar refractivity (Wildman–Crippen MR) is 125 cm³/mol. The number of hydrogen-bond donors (Lipinski definition) is 3. The van der Waals surface area contributed by atoms with Crippen LogP contribution in [0.2, 0.25) is 0 Å². The zero-order chi connectivity index (χ0) is 25.0. The second-order valence-electron chi connectivity index (χ2n) is 10.4. The first-order chi connectivity index (χ1) is 16.8. The maximum absolute atomic E-state index is 13.6. The van der Waals surface area contributed by atoms with Gasteiger partial charge in [0.15, 0.2) is 0 Å². The Balaban J connectivity index is 1.50. The summed E-state index contributed by atoms with van der Waals surface area (Å²) in [4.78, 5) is 53.0. The minimum absolute atomic E-state index is 0.0825. The molecule has 4 rings (SSSR count). The summed E-state index contributed by atoms with van der Waals surface area (Å²) in [6.45, 7) is 3.42. The average molecular weight is 492 g/mol. The third-order valence-corrected chi connectivity index (χ3v) is 7.60. The zero-order valence-electron chi connectivity index (χ0n) is 20.4. The van der Waals surface area contributed by atoms with Crippen molar-refractivity contribution in [3.63, 3.8) is 0 Å². The molecule has 1 aliphatic carbocycles. The fourth-order valence-corrected chi connectivity index (χ4v) is 5.43. The molecule has 3 amide bonds. The van der Waals surface area contributed by atoms with E-state index in [1.807, 2.05) is 19.1 Å². The summed E-state index contributed by atoms with van der Waals surface area (Å²) in [5.74, 6) is -1.97. The summed E-state index contributed by atoms with van der Waals surface area (Å²) in [5, 5.41) is 15.3. The molecule has 0 bridgehead atoms. The molecular formula is C25H37N3O7. The van der Waals surface area contributed by atoms with E-state index in [2.05, 4.69) is 10.6 Å². The Labute approximate surface area is 205 Å². The van der Waals surface area contributed by atoms with Gasteiger partial charge in [-0.05, 0) is 38.0 Å². The number of aliphatic carboxylic acids is 1. The summed E-state index contributed by atoms with van der Waals surface area (Å²) in [6, 6.07) is -1.56. The number of nitrogens with zero attached hydrogens (tertiary/aromatic N) is 1. The minimum Gasteiger partial charge on any atom is -0.479 e. The molecule has 0 aromatic heterocycles. The SMILES string of the molecule is C[C@@H]1C[C@H]2C(=O)N[C@]3(C(=O)O)C[C@H]3/C=C\CCCCC[C@H](NC(=O)OC3CCOCC3)C(=O)N2C1. The number of carboxylic acid groups (broad SMARTS) is 1. The van der Waals surface area contributed by atoms with E-state index in [0.717, 1.165) is 25.7 Å². The van der Waals surface area contributed by atoms with Crippen molar-refractivity contribution in [3.8, 4) is 0 Å². The third-order valence-electron chi connectivity index (χ3n) is 7.60. The van der Waals surface area contributed by atoms with Gasteiger partial charge in [0.2, 0.25) is 11.8 Å². The molecule has 4 aliphatic rings. The molecule has 3 heterocycles. The third kappa shape index (κ3) is 5.97. The Morgan fingerprint density at radius 2 is 1.97 bits per heavy atom. The van der Waals surface area contributed by atoms with Crippen LogP contribution in [-0.4, -0.2) is 77.4 Å². The molecule has 2 saturated heterocycles. The van der Waals surface area contributed by atoms with E-state index in [1.54, 1.807) is 0 Å². The molecule has 5 atom stereocenters. The highest BCUT2D eigenvalue weighted by Gasteiger charge is 2.61. The summed E-state index contributed by atoms with van der Waals surface area (Å²) in [7, 11) is 0. The van der Waals surface area contributed by atoms with Gasteiger partial charge in [-0.2, -0.15) is 0 Å². The first-order valence-corrected chi connectivity index (χ1v) is 12.9. The van der Waals surface area contributed by atoms with Gasteiger partial charge in [0.1, 0.15) is 23.7 Å². The van der Waals surface area contributed by atoms with Crippen LogP contribution in [0.4, 0.5) is 4.79 Å². The van der Waals surface area contributed by atoms with E-state index >= 15 is 0 Å². The number of hydrogen-bond acceptors (Lipinski definition) is 6. The Hall–Kier alpha value is -2.62. The van der Waals surface area contributed by atoms with Gasteiger partial charge in [-0.3, -0.25) is 9.59 Å². The number of carbonyl (C=O) groups is 4. The fourth-order valence-electron chi connectivity index (χ4n) is 5.43. The van der Waals surface area contributed by atoms with Gasteiger partial charge in [-0.1, -0.05) is 31.9 Å². The number of ether oxygens (including phenoxy) is 2. The van der Waals surface area contributed by atoms with Gasteiger partial charge < -0.3 is 30.1 Å². The van der Waals surface area contributed by atoms with Gasteiger partial charge in [0, 0.05) is 25.3 Å². The molecule has 10 nitrogen and oxygen atoms in total. The van der Waals surface area contributed by atoms with E-state index < -0.39 is 35.6 Å². The van der Waals surface area contributed by atoms with Crippen LogP contribution in [0.25, 0.3) is 0 Å². The number of carbonyl (C=O) groups excluding carboxylic acids is 3. The zero-order valence-corrected chi connectivity index (χ0v) is 20.4. The van der Waals surface area contributed by atoms with Gasteiger partial charge in [-0.15, -0.1) is 0 Å². The first-order valence-electron chi connectivity index (χ1n) is 12.9. The Bertz CT molecular complexity index is 856. The van der Waals surface area contributed by atoms with Crippen molar-refractivity contribution in [2.75, 3.05) is 19.8 Å². The Morgan fingerprint density at radius 3 is 2.71 bits per heavy atom. The van der Waals surface area contributed by atoms with Gasteiger partial charge >= 0.3 is 12.1 Å². The lowest BCUT2D eigenvalue weighted by Gasteiger charge is -2.30. The van der Waals surface area contributed by atoms with E-state index in [0.29, 0.717) is 51.9 Å². The first kappa shape index (κ1) is 25.5. The quantitative estimate of drug-likeness (QED) is 0.514. The maximum atomic E-state index is 13.6. The lowest BCUT2D eigenvalue weighted by molar-refractivity contribution is -0.145. The molecule has 194 valence electrons. The number of amides is 3. The van der Waals surface area contributed by atoms with Crippen molar-refractivity contribution < 1.29 is 33.8 Å². The summed E-state index contributed by atoms with van der Waals surface area (Å²) in [5.41, 5.74) is -1.31. The molecule has 0 aromatic carbocycles. The number of carboxylic acids is 1. The predicted octanol–water partition coefficient (Wildman–Crippen LogP) is 1.98. The molecule has 3 fully saturated rings. The second-order valence-corrected chi connectivity index (χ2v) is 10.4. The second kappa shape index (κ2) is 11.0. The Morgan fingerprint density at radius 1 is 1.20 bits per heavy atom. The highest BCUT2D eigenvalue weighted by atomic mass is 16.6. The molecule has 0 unspecified atom stereocenters. The van der Waals surface area contributed by atoms with Gasteiger partial charge in [0.05, 0.1) is 13.2 Å². The van der Waals surface area contributed by atoms with Crippen LogP contribution in [0.1, 0.15) is 64.7 Å². The van der Waals surface area contributed by atoms with Crippen molar-refractivity contribution >= 4 is 23.9 Å². The number of allylic oxidation sites excluding steroid dienone is 1. The average Bonchev–Trinajstić information content (AvgIpc) is 3.38. The van der Waals surface area contributed by atoms with Gasteiger partial charge in [-0.25, -0.2) is 9.59 Å². The van der Waals surface area contributed by atoms with Crippen molar-refractivity contribution in [2.45, 2.75) is 88.4 Å². The van der Waals surface area contributed by atoms with Crippen molar-refractivity contribution in [1.29, 1.82) is 0 Å². The molecule has 3 N–H and O–H groups in total. The van der Waals surface area contributed by atoms with E-state index in [1.165, 1.54) is 4.90 Å². The number of nitrogens with one attached hydrogen (secondary N) is 2. The van der Waals surface area contributed by atoms with Crippen molar-refractivity contribution in [1.82, 2.24) is 15.5 Å². The van der Waals surface area contributed by atoms with Gasteiger partial charge in [0.25, 0.3) is 0 Å². The van der Waals surface area contributed by atoms with Crippen LogP contribution < -0.4 is 10.6 Å². The molecule has 1 saturated carbocycles. The molecule has 10 heteroatoms. The number of rotatable bonds is 3. The van der Waals surface area contributed by atoms with Crippen LogP contribution in [0, 0.1) is 11.8 Å². The van der Waals surface area contributed by atoms with E-state index in [9.17, 15) is 24.3 Å². The van der Waals surface area contributed by atoms with E-state index in [4.69, 9.17) is 9.47 Å². The standard InChI is InChI=1S/C25H37N3O7/c1-16-13-20-21(29)27-25(23(31)32)14-17(25)7-5-3-2-4-6-8-19(22(30)28(20)15-16)26-24(33)35-18-9-11-34-12-10-18/h5,7,16-20H,2-4,6,8-15H2,1H3,(H,26,33)(H,27,29)(H,31,32)/b7-5-/t16-,17-,19+,20+,25-/m1/s1. The minimum atomic E-state index is -1.31. The molecule has 3 aliphatic heterocycles. The molecule has 0 radical (unpaired) electrons. The lowest BCUT2D eigenvalue weighted by atomic mass is 10.0. The molecule has 0 spiro atoms. The van der Waals surface area contributed by atoms with Crippen LogP contribution in [0.3, 0.4) is 0 Å². The van der Waals surface area contributed by atoms with Crippen molar-refractivity contribution in [2.24, 2.45) is 11.8 Å². The largest absolute Gasteiger partial charge is 0.479 e. The molecule has 35 heavy (non-hydrogen) atoms. The van der Waals surface area contributed by atoms with Crippen LogP contribution in [0.5, 0.6) is 0 Å². The summed E-state index contributed by atoms with van der Waals surface area (Å²) >= 11 is 0. The molecular weight excluding hydrogens is 454 g/mol. The molecule has 0 aromatic rings. The maximum Gasteiger partial charge on any atom is 0.408 e. The smallest absolute Gasteiger partial charge is 0.408 e. The number of alkyl carbamates (subject to hydrolysis) is 1. The van der Waals surface area contributed by atoms with Crippen molar-refractivity contribution in [3.05, 3.63) is 12.2 Å². The summed E-state index contributed by atoms with van der Waals surface area (Å²) < 4.78 is 10.8. The monoisotopic (exact) mass is 491 g/mol. The lowest BCUT2D eigenvalue weighted by Crippen LogP contribution is -2.56.